The standard InChI is InChI=1S/C23H22FN3O.ClH/c24-17-4-6-18(7-5-17)26-12-16-13-27(21-14-25-10-8-15(21)9-11-25)23(28)19-2-1-3-20(26)22(16)19;/h1-7,12,15,21H,8-11,13-14H2;1H/t21-;/m0./s1. The number of piperidine rings is 3. The number of rotatable bonds is 2. The molecule has 0 aliphatic carbocycles. The number of carbonyl (C=O) groups is 1. The molecule has 0 radical (unpaired) electrons. The van der Waals surface area contributed by atoms with Crippen LogP contribution in [0.5, 0.6) is 0 Å². The summed E-state index contributed by atoms with van der Waals surface area (Å²) in [4.78, 5) is 18.0. The molecule has 5 heterocycles. The Morgan fingerprint density at radius 2 is 1.76 bits per heavy atom. The summed E-state index contributed by atoms with van der Waals surface area (Å²) in [5, 5.41) is 1.05. The molecule has 0 spiro atoms. The SMILES string of the molecule is Cl.O=C1c2cccc3c2c(cn3-c2ccc(F)cc2)CN1[C@H]1CN2CCC1CC2. The lowest BCUT2D eigenvalue weighted by atomic mass is 9.82. The van der Waals surface area contributed by atoms with E-state index >= 15 is 0 Å². The van der Waals surface area contributed by atoms with Gasteiger partial charge in [0.15, 0.2) is 0 Å². The largest absolute Gasteiger partial charge is 0.330 e. The number of hydrogen-bond acceptors (Lipinski definition) is 2. The van der Waals surface area contributed by atoms with Crippen LogP contribution in [-0.2, 0) is 6.54 Å². The maximum Gasteiger partial charge on any atom is 0.255 e. The average molecular weight is 412 g/mol. The van der Waals surface area contributed by atoms with Crippen LogP contribution in [0.3, 0.4) is 0 Å². The molecule has 7 rings (SSSR count). The third-order valence-corrected chi connectivity index (χ3v) is 6.87. The van der Waals surface area contributed by atoms with Gasteiger partial charge in [-0.25, -0.2) is 4.39 Å². The number of amides is 1. The zero-order chi connectivity index (χ0) is 18.8. The van der Waals surface area contributed by atoms with Crippen molar-refractivity contribution in [2.45, 2.75) is 25.4 Å². The van der Waals surface area contributed by atoms with Crippen LogP contribution in [0.2, 0.25) is 0 Å². The van der Waals surface area contributed by atoms with Crippen molar-refractivity contribution >= 4 is 29.2 Å². The van der Waals surface area contributed by atoms with Crippen molar-refractivity contribution in [3.63, 3.8) is 0 Å². The Balaban J connectivity index is 0.00000181. The third-order valence-electron chi connectivity index (χ3n) is 6.87. The number of benzene rings is 2. The van der Waals surface area contributed by atoms with Crippen molar-refractivity contribution in [1.29, 1.82) is 0 Å². The van der Waals surface area contributed by atoms with E-state index in [1.165, 1.54) is 43.6 Å². The molecule has 3 saturated heterocycles. The smallest absolute Gasteiger partial charge is 0.255 e. The summed E-state index contributed by atoms with van der Waals surface area (Å²) >= 11 is 0. The Morgan fingerprint density at radius 3 is 2.45 bits per heavy atom. The number of fused-ring (bicyclic) bond motifs is 3. The second-order valence-electron chi connectivity index (χ2n) is 8.34. The van der Waals surface area contributed by atoms with Gasteiger partial charge in [0.2, 0.25) is 0 Å². The zero-order valence-electron chi connectivity index (χ0n) is 16.1. The summed E-state index contributed by atoms with van der Waals surface area (Å²) in [6, 6.07) is 12.8. The minimum absolute atomic E-state index is 0. The Hall–Kier alpha value is -2.37. The van der Waals surface area contributed by atoms with E-state index in [-0.39, 0.29) is 24.1 Å². The molecule has 150 valence electrons. The first-order valence-corrected chi connectivity index (χ1v) is 10.1. The number of nitrogens with zero attached hydrogens (tertiary/aromatic N) is 3. The summed E-state index contributed by atoms with van der Waals surface area (Å²) in [5.74, 6) is 0.539. The molecular weight excluding hydrogens is 389 g/mol. The topological polar surface area (TPSA) is 28.5 Å². The number of hydrogen-bond donors (Lipinski definition) is 0. The predicted molar refractivity (Wildman–Crippen MR) is 113 cm³/mol. The van der Waals surface area contributed by atoms with Gasteiger partial charge < -0.3 is 14.4 Å². The van der Waals surface area contributed by atoms with Crippen LogP contribution in [-0.4, -0.2) is 46.0 Å². The van der Waals surface area contributed by atoms with Crippen LogP contribution in [0.4, 0.5) is 4.39 Å². The molecule has 4 aliphatic heterocycles. The van der Waals surface area contributed by atoms with Gasteiger partial charge in [-0.15, -0.1) is 12.4 Å². The Morgan fingerprint density at radius 1 is 1.00 bits per heavy atom. The quantitative estimate of drug-likeness (QED) is 0.631. The molecule has 0 saturated carbocycles. The minimum Gasteiger partial charge on any atom is -0.330 e. The van der Waals surface area contributed by atoms with Gasteiger partial charge in [0.25, 0.3) is 5.91 Å². The molecular formula is C23H23ClFN3O. The second kappa shape index (κ2) is 6.85. The fourth-order valence-electron chi connectivity index (χ4n) is 5.45. The molecule has 3 fully saturated rings. The highest BCUT2D eigenvalue weighted by atomic mass is 35.5. The highest BCUT2D eigenvalue weighted by Gasteiger charge is 2.41. The van der Waals surface area contributed by atoms with E-state index in [1.807, 2.05) is 18.2 Å². The number of aromatic nitrogens is 1. The fraction of sp³-hybridized carbons (Fsp3) is 0.348. The van der Waals surface area contributed by atoms with Gasteiger partial charge in [-0.1, -0.05) is 6.07 Å². The Kier molecular flexibility index (Phi) is 4.41. The molecule has 4 nitrogen and oxygen atoms in total. The van der Waals surface area contributed by atoms with Gasteiger partial charge in [0.1, 0.15) is 5.82 Å². The molecule has 2 aromatic carbocycles. The summed E-state index contributed by atoms with van der Waals surface area (Å²) in [6.45, 7) is 4.01. The zero-order valence-corrected chi connectivity index (χ0v) is 16.9. The minimum atomic E-state index is -0.242. The predicted octanol–water partition coefficient (Wildman–Crippen LogP) is 4.24. The van der Waals surface area contributed by atoms with E-state index in [2.05, 4.69) is 20.6 Å². The molecule has 1 atom stereocenters. The summed E-state index contributed by atoms with van der Waals surface area (Å²) < 4.78 is 15.5. The maximum absolute atomic E-state index is 13.4. The normalized spacial score (nSPS) is 25.3. The van der Waals surface area contributed by atoms with Gasteiger partial charge in [0, 0.05) is 42.0 Å². The first-order valence-electron chi connectivity index (χ1n) is 10.1. The van der Waals surface area contributed by atoms with Crippen LogP contribution in [0.25, 0.3) is 16.6 Å². The van der Waals surface area contributed by atoms with Crippen molar-refractivity contribution < 1.29 is 9.18 Å². The lowest BCUT2D eigenvalue weighted by Crippen LogP contribution is -2.58. The molecule has 3 aromatic rings. The van der Waals surface area contributed by atoms with Crippen LogP contribution in [0, 0.1) is 11.7 Å². The van der Waals surface area contributed by atoms with Crippen molar-refractivity contribution in [2.24, 2.45) is 5.92 Å². The van der Waals surface area contributed by atoms with Gasteiger partial charge in [0.05, 0.1) is 5.52 Å². The molecule has 1 amide bonds. The van der Waals surface area contributed by atoms with Gasteiger partial charge >= 0.3 is 0 Å². The molecule has 6 heteroatoms. The second-order valence-corrected chi connectivity index (χ2v) is 8.34. The molecule has 2 bridgehead atoms. The fourth-order valence-corrected chi connectivity index (χ4v) is 5.45. The van der Waals surface area contributed by atoms with E-state index < -0.39 is 0 Å². The van der Waals surface area contributed by atoms with Crippen molar-refractivity contribution in [1.82, 2.24) is 14.4 Å². The molecule has 1 aromatic heterocycles. The molecule has 4 aliphatic rings. The lowest BCUT2D eigenvalue weighted by molar-refractivity contribution is 0.00407. The van der Waals surface area contributed by atoms with Gasteiger partial charge in [-0.2, -0.15) is 0 Å². The number of halogens is 2. The van der Waals surface area contributed by atoms with Crippen LogP contribution in [0.1, 0.15) is 28.8 Å². The average Bonchev–Trinajstić information content (AvgIpc) is 3.11. The monoisotopic (exact) mass is 411 g/mol. The van der Waals surface area contributed by atoms with E-state index in [0.29, 0.717) is 18.5 Å². The highest BCUT2D eigenvalue weighted by molar-refractivity contribution is 6.10. The summed E-state index contributed by atoms with van der Waals surface area (Å²) in [5.41, 5.74) is 3.92. The van der Waals surface area contributed by atoms with Crippen molar-refractivity contribution in [2.75, 3.05) is 19.6 Å². The lowest BCUT2D eigenvalue weighted by Gasteiger charge is -2.49. The first kappa shape index (κ1) is 18.6. The van der Waals surface area contributed by atoms with E-state index in [1.54, 1.807) is 12.1 Å². The van der Waals surface area contributed by atoms with Crippen LogP contribution < -0.4 is 0 Å². The Bertz CT molecular complexity index is 1090. The Labute approximate surface area is 175 Å². The van der Waals surface area contributed by atoms with Gasteiger partial charge in [-0.3, -0.25) is 4.79 Å². The molecule has 0 unspecified atom stereocenters. The summed E-state index contributed by atoms with van der Waals surface area (Å²) in [6.07, 6.45) is 4.52. The third kappa shape index (κ3) is 2.79. The van der Waals surface area contributed by atoms with Crippen LogP contribution >= 0.6 is 12.4 Å². The van der Waals surface area contributed by atoms with E-state index in [0.717, 1.165) is 28.7 Å². The van der Waals surface area contributed by atoms with E-state index in [4.69, 9.17) is 0 Å². The van der Waals surface area contributed by atoms with E-state index in [9.17, 15) is 9.18 Å². The van der Waals surface area contributed by atoms with Crippen LogP contribution in [0.15, 0.2) is 48.7 Å². The molecule has 29 heavy (non-hydrogen) atoms. The van der Waals surface area contributed by atoms with Crippen molar-refractivity contribution in [3.8, 4) is 5.69 Å². The highest BCUT2D eigenvalue weighted by Crippen LogP contribution is 2.38. The molecule has 0 N–H and O–H groups in total. The van der Waals surface area contributed by atoms with Gasteiger partial charge in [-0.05, 0) is 73.8 Å². The summed E-state index contributed by atoms with van der Waals surface area (Å²) in [7, 11) is 0. The first-order chi connectivity index (χ1) is 13.7. The maximum atomic E-state index is 13.4. The van der Waals surface area contributed by atoms with Crippen molar-refractivity contribution in [3.05, 3.63) is 65.6 Å². The number of carbonyl (C=O) groups excluding carboxylic acids is 1.